The van der Waals surface area contributed by atoms with Gasteiger partial charge in [-0.1, -0.05) is 6.92 Å². The summed E-state index contributed by atoms with van der Waals surface area (Å²) in [6.45, 7) is 7.10. The van der Waals surface area contributed by atoms with Gasteiger partial charge in [0.25, 0.3) is 0 Å². The third-order valence-corrected chi connectivity index (χ3v) is 2.91. The summed E-state index contributed by atoms with van der Waals surface area (Å²) in [4.78, 5) is 13.6. The molecule has 1 fully saturated rings. The van der Waals surface area contributed by atoms with E-state index in [1.807, 2.05) is 18.7 Å². The van der Waals surface area contributed by atoms with Crippen LogP contribution in [0.1, 0.15) is 26.7 Å². The number of likely N-dealkylation sites (tertiary alicyclic amines) is 1. The van der Waals surface area contributed by atoms with E-state index in [2.05, 4.69) is 0 Å². The first kappa shape index (κ1) is 12.5. The quantitative estimate of drug-likeness (QED) is 0.729. The summed E-state index contributed by atoms with van der Waals surface area (Å²) >= 11 is 0. The highest BCUT2D eigenvalue weighted by atomic mass is 16.5. The van der Waals surface area contributed by atoms with Crippen molar-refractivity contribution in [2.75, 3.05) is 26.3 Å². The zero-order chi connectivity index (χ0) is 11.3. The molecule has 4 nitrogen and oxygen atoms in total. The van der Waals surface area contributed by atoms with Gasteiger partial charge in [-0.3, -0.25) is 4.79 Å². The molecule has 1 heterocycles. The Morgan fingerprint density at radius 1 is 1.60 bits per heavy atom. The minimum atomic E-state index is -0.323. The number of hydrogen-bond donors (Lipinski definition) is 1. The molecule has 0 bridgehead atoms. The Balaban J connectivity index is 2.32. The molecule has 0 saturated carbocycles. The van der Waals surface area contributed by atoms with Crippen LogP contribution in [-0.4, -0.2) is 43.2 Å². The molecule has 2 atom stereocenters. The van der Waals surface area contributed by atoms with E-state index in [4.69, 9.17) is 10.5 Å². The third-order valence-electron chi connectivity index (χ3n) is 2.91. The Labute approximate surface area is 91.8 Å². The molecule has 1 saturated heterocycles. The largest absolute Gasteiger partial charge is 0.381 e. The number of nitrogens with zero attached hydrogens (tertiary/aromatic N) is 1. The number of carbonyl (C=O) groups excluding carboxylic acids is 1. The minimum Gasteiger partial charge on any atom is -0.381 e. The van der Waals surface area contributed by atoms with Crippen molar-refractivity contribution in [3.63, 3.8) is 0 Å². The Bertz CT molecular complexity index is 209. The lowest BCUT2D eigenvalue weighted by Gasteiger charge is -2.20. The van der Waals surface area contributed by atoms with Crippen LogP contribution in [0.2, 0.25) is 0 Å². The van der Waals surface area contributed by atoms with Crippen molar-refractivity contribution in [1.82, 2.24) is 4.90 Å². The van der Waals surface area contributed by atoms with Gasteiger partial charge in [-0.15, -0.1) is 0 Å². The average Bonchev–Trinajstić information content (AvgIpc) is 2.72. The second-order valence-electron chi connectivity index (χ2n) is 4.11. The molecule has 15 heavy (non-hydrogen) atoms. The molecule has 1 rings (SSSR count). The van der Waals surface area contributed by atoms with Gasteiger partial charge in [0.2, 0.25) is 5.91 Å². The predicted molar refractivity (Wildman–Crippen MR) is 59.4 cm³/mol. The van der Waals surface area contributed by atoms with Gasteiger partial charge < -0.3 is 15.4 Å². The fourth-order valence-corrected chi connectivity index (χ4v) is 1.86. The smallest absolute Gasteiger partial charge is 0.239 e. The average molecular weight is 214 g/mol. The number of carbonyl (C=O) groups is 1. The molecule has 0 spiro atoms. The lowest BCUT2D eigenvalue weighted by Crippen LogP contribution is -2.42. The van der Waals surface area contributed by atoms with Crippen molar-refractivity contribution in [3.05, 3.63) is 0 Å². The maximum Gasteiger partial charge on any atom is 0.239 e. The van der Waals surface area contributed by atoms with Crippen LogP contribution >= 0.6 is 0 Å². The van der Waals surface area contributed by atoms with Gasteiger partial charge in [0.1, 0.15) is 0 Å². The van der Waals surface area contributed by atoms with Crippen LogP contribution in [0.5, 0.6) is 0 Å². The SMILES string of the molecule is CCOCC1CCN(C(=O)[C@@H](N)CC)C1. The molecule has 1 unspecified atom stereocenters. The lowest BCUT2D eigenvalue weighted by atomic mass is 10.1. The summed E-state index contributed by atoms with van der Waals surface area (Å²) in [5, 5.41) is 0. The normalized spacial score (nSPS) is 23.1. The van der Waals surface area contributed by atoms with Crippen molar-refractivity contribution in [2.24, 2.45) is 11.7 Å². The lowest BCUT2D eigenvalue weighted by molar-refractivity contribution is -0.131. The van der Waals surface area contributed by atoms with Crippen LogP contribution in [0.3, 0.4) is 0 Å². The van der Waals surface area contributed by atoms with Gasteiger partial charge in [0.05, 0.1) is 12.6 Å². The second kappa shape index (κ2) is 6.08. The molecule has 0 aliphatic carbocycles. The van der Waals surface area contributed by atoms with Gasteiger partial charge in [-0.25, -0.2) is 0 Å². The van der Waals surface area contributed by atoms with Gasteiger partial charge >= 0.3 is 0 Å². The number of nitrogens with two attached hydrogens (primary N) is 1. The highest BCUT2D eigenvalue weighted by Gasteiger charge is 2.28. The van der Waals surface area contributed by atoms with E-state index in [0.29, 0.717) is 12.3 Å². The van der Waals surface area contributed by atoms with Crippen LogP contribution in [0.4, 0.5) is 0 Å². The van der Waals surface area contributed by atoms with Crippen LogP contribution in [0.25, 0.3) is 0 Å². The standard InChI is InChI=1S/C11H22N2O2/c1-3-10(12)11(14)13-6-5-9(7-13)8-15-4-2/h9-10H,3-8,12H2,1-2H3/t9?,10-/m0/s1. The molecular weight excluding hydrogens is 192 g/mol. The van der Waals surface area contributed by atoms with E-state index in [0.717, 1.165) is 32.7 Å². The fourth-order valence-electron chi connectivity index (χ4n) is 1.86. The van der Waals surface area contributed by atoms with E-state index >= 15 is 0 Å². The number of amides is 1. The van der Waals surface area contributed by atoms with Crippen molar-refractivity contribution in [3.8, 4) is 0 Å². The van der Waals surface area contributed by atoms with Crippen LogP contribution in [-0.2, 0) is 9.53 Å². The Morgan fingerprint density at radius 3 is 2.93 bits per heavy atom. The number of ether oxygens (including phenoxy) is 1. The van der Waals surface area contributed by atoms with Gasteiger partial charge in [0, 0.05) is 25.6 Å². The first-order valence-corrected chi connectivity index (χ1v) is 5.81. The fraction of sp³-hybridized carbons (Fsp3) is 0.909. The third kappa shape index (κ3) is 3.47. The summed E-state index contributed by atoms with van der Waals surface area (Å²) < 4.78 is 5.36. The maximum atomic E-state index is 11.8. The highest BCUT2D eigenvalue weighted by Crippen LogP contribution is 2.17. The van der Waals surface area contributed by atoms with E-state index in [1.165, 1.54) is 0 Å². The van der Waals surface area contributed by atoms with Crippen molar-refractivity contribution >= 4 is 5.91 Å². The van der Waals surface area contributed by atoms with Crippen molar-refractivity contribution in [2.45, 2.75) is 32.7 Å². The summed E-state index contributed by atoms with van der Waals surface area (Å²) in [5.74, 6) is 0.592. The van der Waals surface area contributed by atoms with E-state index < -0.39 is 0 Å². The molecule has 2 N–H and O–H groups in total. The van der Waals surface area contributed by atoms with E-state index in [9.17, 15) is 4.79 Å². The summed E-state index contributed by atoms with van der Waals surface area (Å²) in [6, 6.07) is -0.323. The Kier molecular flexibility index (Phi) is 5.05. The second-order valence-corrected chi connectivity index (χ2v) is 4.11. The highest BCUT2D eigenvalue weighted by molar-refractivity contribution is 5.81. The van der Waals surface area contributed by atoms with Crippen LogP contribution in [0, 0.1) is 5.92 Å². The maximum absolute atomic E-state index is 11.8. The molecule has 0 aromatic heterocycles. The van der Waals surface area contributed by atoms with E-state index in [1.54, 1.807) is 0 Å². The summed E-state index contributed by atoms with van der Waals surface area (Å²) in [5.41, 5.74) is 5.72. The first-order chi connectivity index (χ1) is 7.19. The number of hydrogen-bond acceptors (Lipinski definition) is 3. The van der Waals surface area contributed by atoms with E-state index in [-0.39, 0.29) is 11.9 Å². The number of rotatable bonds is 5. The summed E-state index contributed by atoms with van der Waals surface area (Å²) in [6.07, 6.45) is 1.76. The molecule has 4 heteroatoms. The Hall–Kier alpha value is -0.610. The van der Waals surface area contributed by atoms with Crippen molar-refractivity contribution < 1.29 is 9.53 Å². The molecular formula is C11H22N2O2. The molecule has 0 aromatic carbocycles. The van der Waals surface area contributed by atoms with Gasteiger partial charge in [0.15, 0.2) is 0 Å². The van der Waals surface area contributed by atoms with Gasteiger partial charge in [-0.05, 0) is 19.8 Å². The minimum absolute atomic E-state index is 0.0940. The zero-order valence-electron chi connectivity index (χ0n) is 9.74. The van der Waals surface area contributed by atoms with Crippen molar-refractivity contribution in [1.29, 1.82) is 0 Å². The monoisotopic (exact) mass is 214 g/mol. The predicted octanol–water partition coefficient (Wildman–Crippen LogP) is 0.609. The molecule has 88 valence electrons. The van der Waals surface area contributed by atoms with Crippen LogP contribution < -0.4 is 5.73 Å². The molecule has 1 aliphatic heterocycles. The van der Waals surface area contributed by atoms with Crippen LogP contribution in [0.15, 0.2) is 0 Å². The van der Waals surface area contributed by atoms with Gasteiger partial charge in [-0.2, -0.15) is 0 Å². The zero-order valence-corrected chi connectivity index (χ0v) is 9.74. The molecule has 1 aliphatic rings. The molecule has 0 radical (unpaired) electrons. The Morgan fingerprint density at radius 2 is 2.33 bits per heavy atom. The summed E-state index contributed by atoms with van der Waals surface area (Å²) in [7, 11) is 0. The topological polar surface area (TPSA) is 55.6 Å². The first-order valence-electron chi connectivity index (χ1n) is 5.81. The molecule has 0 aromatic rings. The molecule has 1 amide bonds.